The summed E-state index contributed by atoms with van der Waals surface area (Å²) in [7, 11) is 1.78. The van der Waals surface area contributed by atoms with Gasteiger partial charge in [-0.15, -0.1) is 0 Å². The molecular formula is C12H20ClN3O2S. The van der Waals surface area contributed by atoms with Gasteiger partial charge in [0, 0.05) is 26.7 Å². The van der Waals surface area contributed by atoms with Gasteiger partial charge in [-0.2, -0.15) is 4.31 Å². The summed E-state index contributed by atoms with van der Waals surface area (Å²) in [6.07, 6.45) is 0. The second-order valence-electron chi connectivity index (χ2n) is 4.60. The molecule has 0 unspecified atom stereocenters. The Labute approximate surface area is 120 Å². The average Bonchev–Trinajstić information content (AvgIpc) is 2.35. The van der Waals surface area contributed by atoms with Crippen LogP contribution in [0.1, 0.15) is 5.56 Å². The van der Waals surface area contributed by atoms with Crippen molar-refractivity contribution in [2.24, 2.45) is 5.73 Å². The Morgan fingerprint density at radius 3 is 2.32 bits per heavy atom. The lowest BCUT2D eigenvalue weighted by atomic mass is 10.2. The number of sulfonamides is 1. The fourth-order valence-corrected chi connectivity index (χ4v) is 3.21. The maximum absolute atomic E-state index is 12.4. The summed E-state index contributed by atoms with van der Waals surface area (Å²) in [6, 6.07) is 4.78. The molecule has 0 heterocycles. The van der Waals surface area contributed by atoms with E-state index in [4.69, 9.17) is 17.3 Å². The molecule has 0 spiro atoms. The number of benzene rings is 1. The molecule has 0 radical (unpaired) electrons. The normalized spacial score (nSPS) is 12.4. The first kappa shape index (κ1) is 16.4. The SMILES string of the molecule is CN(C)CCN(C)S(=O)(=O)c1ccc(CN)cc1Cl. The van der Waals surface area contributed by atoms with Crippen molar-refractivity contribution >= 4 is 21.6 Å². The summed E-state index contributed by atoms with van der Waals surface area (Å²) in [5.41, 5.74) is 6.30. The van der Waals surface area contributed by atoms with E-state index in [1.807, 2.05) is 19.0 Å². The van der Waals surface area contributed by atoms with Crippen molar-refractivity contribution in [2.45, 2.75) is 11.4 Å². The molecule has 0 amide bonds. The second-order valence-corrected chi connectivity index (χ2v) is 7.02. The molecule has 7 heteroatoms. The number of rotatable bonds is 6. The average molecular weight is 306 g/mol. The minimum atomic E-state index is -3.56. The fraction of sp³-hybridized carbons (Fsp3) is 0.500. The van der Waals surface area contributed by atoms with Gasteiger partial charge in [0.1, 0.15) is 4.90 Å². The van der Waals surface area contributed by atoms with Crippen LogP contribution in [0.3, 0.4) is 0 Å². The van der Waals surface area contributed by atoms with E-state index in [1.54, 1.807) is 19.2 Å². The molecule has 0 saturated heterocycles. The van der Waals surface area contributed by atoms with Gasteiger partial charge in [-0.1, -0.05) is 17.7 Å². The molecule has 0 atom stereocenters. The van der Waals surface area contributed by atoms with Crippen LogP contribution < -0.4 is 5.73 Å². The van der Waals surface area contributed by atoms with Gasteiger partial charge in [0.05, 0.1) is 5.02 Å². The van der Waals surface area contributed by atoms with Gasteiger partial charge in [-0.3, -0.25) is 0 Å². The lowest BCUT2D eigenvalue weighted by molar-refractivity contribution is 0.358. The van der Waals surface area contributed by atoms with E-state index in [1.165, 1.54) is 10.4 Å². The number of hydrogen-bond acceptors (Lipinski definition) is 4. The molecule has 1 aromatic rings. The first-order valence-electron chi connectivity index (χ1n) is 5.88. The van der Waals surface area contributed by atoms with Crippen LogP contribution in [-0.4, -0.2) is 51.9 Å². The van der Waals surface area contributed by atoms with Gasteiger partial charge in [-0.05, 0) is 31.8 Å². The molecule has 19 heavy (non-hydrogen) atoms. The van der Waals surface area contributed by atoms with Crippen LogP contribution in [0.25, 0.3) is 0 Å². The molecule has 0 aliphatic rings. The summed E-state index contributed by atoms with van der Waals surface area (Å²) in [4.78, 5) is 2.04. The van der Waals surface area contributed by atoms with E-state index in [2.05, 4.69) is 0 Å². The van der Waals surface area contributed by atoms with Crippen LogP contribution in [0.15, 0.2) is 23.1 Å². The quantitative estimate of drug-likeness (QED) is 0.851. The standard InChI is InChI=1S/C12H20ClN3O2S/c1-15(2)6-7-16(3)19(17,18)12-5-4-10(9-14)8-11(12)13/h4-5,8H,6-7,9,14H2,1-3H3. The zero-order chi connectivity index (χ0) is 14.6. The topological polar surface area (TPSA) is 66.6 Å². The lowest BCUT2D eigenvalue weighted by Crippen LogP contribution is -2.33. The molecule has 1 rings (SSSR count). The lowest BCUT2D eigenvalue weighted by Gasteiger charge is -2.20. The van der Waals surface area contributed by atoms with Crippen LogP contribution >= 0.6 is 11.6 Å². The summed E-state index contributed by atoms with van der Waals surface area (Å²) in [6.45, 7) is 1.38. The third kappa shape index (κ3) is 4.15. The molecule has 0 aromatic heterocycles. The summed E-state index contributed by atoms with van der Waals surface area (Å²) >= 11 is 6.03. The van der Waals surface area contributed by atoms with Crippen molar-refractivity contribution in [3.05, 3.63) is 28.8 Å². The minimum Gasteiger partial charge on any atom is -0.326 e. The molecule has 0 bridgehead atoms. The molecule has 0 saturated carbocycles. The first-order valence-corrected chi connectivity index (χ1v) is 7.70. The molecule has 108 valence electrons. The predicted molar refractivity (Wildman–Crippen MR) is 77.7 cm³/mol. The summed E-state index contributed by atoms with van der Waals surface area (Å²) in [5.74, 6) is 0. The Morgan fingerprint density at radius 1 is 1.21 bits per heavy atom. The van der Waals surface area contributed by atoms with Crippen molar-refractivity contribution in [2.75, 3.05) is 34.2 Å². The van der Waals surface area contributed by atoms with E-state index in [-0.39, 0.29) is 9.92 Å². The van der Waals surface area contributed by atoms with Gasteiger partial charge in [0.25, 0.3) is 0 Å². The second kappa shape index (κ2) is 6.67. The molecule has 0 fully saturated rings. The highest BCUT2D eigenvalue weighted by Crippen LogP contribution is 2.25. The number of likely N-dealkylation sites (N-methyl/N-ethyl adjacent to an activating group) is 2. The Balaban J connectivity index is 2.99. The van der Waals surface area contributed by atoms with Crippen LogP contribution in [-0.2, 0) is 16.6 Å². The van der Waals surface area contributed by atoms with E-state index in [0.717, 1.165) is 5.56 Å². The zero-order valence-corrected chi connectivity index (χ0v) is 13.0. The van der Waals surface area contributed by atoms with Crippen molar-refractivity contribution < 1.29 is 8.42 Å². The molecule has 0 aliphatic heterocycles. The molecule has 5 nitrogen and oxygen atoms in total. The number of nitrogens with zero attached hydrogens (tertiary/aromatic N) is 2. The highest BCUT2D eigenvalue weighted by Gasteiger charge is 2.23. The van der Waals surface area contributed by atoms with Gasteiger partial charge in [-0.25, -0.2) is 8.42 Å². The number of hydrogen-bond donors (Lipinski definition) is 1. The van der Waals surface area contributed by atoms with Gasteiger partial charge < -0.3 is 10.6 Å². The molecular weight excluding hydrogens is 286 g/mol. The number of halogens is 1. The van der Waals surface area contributed by atoms with Gasteiger partial charge >= 0.3 is 0 Å². The summed E-state index contributed by atoms with van der Waals surface area (Å²) in [5, 5.41) is 0.208. The Morgan fingerprint density at radius 2 is 1.84 bits per heavy atom. The van der Waals surface area contributed by atoms with Crippen LogP contribution in [0.2, 0.25) is 5.02 Å². The van der Waals surface area contributed by atoms with E-state index < -0.39 is 10.0 Å². The maximum Gasteiger partial charge on any atom is 0.244 e. The highest BCUT2D eigenvalue weighted by atomic mass is 35.5. The van der Waals surface area contributed by atoms with Crippen LogP contribution in [0.5, 0.6) is 0 Å². The zero-order valence-electron chi connectivity index (χ0n) is 11.4. The Bertz CT molecular complexity index is 532. The van der Waals surface area contributed by atoms with E-state index in [9.17, 15) is 8.42 Å². The fourth-order valence-electron chi connectivity index (χ4n) is 1.51. The van der Waals surface area contributed by atoms with E-state index in [0.29, 0.717) is 19.6 Å². The maximum atomic E-state index is 12.4. The molecule has 2 N–H and O–H groups in total. The third-order valence-corrected chi connectivity index (χ3v) is 5.12. The van der Waals surface area contributed by atoms with Crippen LogP contribution in [0, 0.1) is 0 Å². The largest absolute Gasteiger partial charge is 0.326 e. The predicted octanol–water partition coefficient (Wildman–Crippen LogP) is 0.981. The highest BCUT2D eigenvalue weighted by molar-refractivity contribution is 7.89. The van der Waals surface area contributed by atoms with Gasteiger partial charge in [0.2, 0.25) is 10.0 Å². The van der Waals surface area contributed by atoms with Crippen molar-refractivity contribution in [3.63, 3.8) is 0 Å². The third-order valence-electron chi connectivity index (χ3n) is 2.78. The van der Waals surface area contributed by atoms with Gasteiger partial charge in [0.15, 0.2) is 0 Å². The smallest absolute Gasteiger partial charge is 0.244 e. The number of nitrogens with two attached hydrogens (primary N) is 1. The monoisotopic (exact) mass is 305 g/mol. The molecule has 1 aromatic carbocycles. The van der Waals surface area contributed by atoms with E-state index >= 15 is 0 Å². The Hall–Kier alpha value is -0.660. The minimum absolute atomic E-state index is 0.118. The summed E-state index contributed by atoms with van der Waals surface area (Å²) < 4.78 is 26.0. The Kier molecular flexibility index (Phi) is 5.76. The van der Waals surface area contributed by atoms with Crippen LogP contribution in [0.4, 0.5) is 0 Å². The van der Waals surface area contributed by atoms with Crippen molar-refractivity contribution in [1.29, 1.82) is 0 Å². The van der Waals surface area contributed by atoms with Crippen molar-refractivity contribution in [1.82, 2.24) is 9.21 Å². The van der Waals surface area contributed by atoms with Crippen molar-refractivity contribution in [3.8, 4) is 0 Å². The molecule has 0 aliphatic carbocycles. The first-order chi connectivity index (χ1) is 8.78.